The van der Waals surface area contributed by atoms with Gasteiger partial charge in [-0.15, -0.1) is 11.3 Å². The minimum atomic E-state index is -0.670. The SMILES string of the molecule is CN(Cc1cc2c(=S)c(C(=O)NCc3ccc(Cl)cc3)cn(C)c2s1)CC(O)c1ccc(O)cc1. The van der Waals surface area contributed by atoms with E-state index in [2.05, 4.69) is 5.32 Å². The van der Waals surface area contributed by atoms with E-state index in [0.717, 1.165) is 26.2 Å². The highest BCUT2D eigenvalue weighted by Crippen LogP contribution is 2.29. The number of hydrogen-bond acceptors (Lipinski definition) is 6. The maximum atomic E-state index is 12.9. The highest BCUT2D eigenvalue weighted by Gasteiger charge is 2.16. The van der Waals surface area contributed by atoms with Gasteiger partial charge in [0, 0.05) is 48.2 Å². The molecule has 4 aromatic rings. The fourth-order valence-electron chi connectivity index (χ4n) is 3.86. The quantitative estimate of drug-likeness (QED) is 0.267. The highest BCUT2D eigenvalue weighted by atomic mass is 35.5. The third kappa shape index (κ3) is 6.09. The third-order valence-electron chi connectivity index (χ3n) is 5.70. The average molecular weight is 528 g/mol. The maximum Gasteiger partial charge on any atom is 0.254 e. The van der Waals surface area contributed by atoms with E-state index in [9.17, 15) is 15.0 Å². The zero-order valence-corrected chi connectivity index (χ0v) is 21.8. The number of aliphatic hydroxyl groups is 1. The van der Waals surface area contributed by atoms with Crippen molar-refractivity contribution >= 4 is 51.3 Å². The lowest BCUT2D eigenvalue weighted by Crippen LogP contribution is -2.23. The standard InChI is InChI=1S/C26H26ClN3O3S2/c1-29(15-23(32)17-5-9-19(31)10-6-17)13-20-11-21-24(34)22(14-30(2)26(21)35-20)25(33)28-12-16-3-7-18(27)8-4-16/h3-11,14,23,31-32H,12-13,15H2,1-2H3,(H,28,33). The Balaban J connectivity index is 1.47. The molecular weight excluding hydrogens is 502 g/mol. The zero-order chi connectivity index (χ0) is 25.1. The Bertz CT molecular complexity index is 1400. The number of aromatic hydroxyl groups is 1. The Kier molecular flexibility index (Phi) is 7.88. The van der Waals surface area contributed by atoms with Crippen LogP contribution in [0.2, 0.25) is 5.02 Å². The summed E-state index contributed by atoms with van der Waals surface area (Å²) >= 11 is 13.2. The second-order valence-electron chi connectivity index (χ2n) is 8.53. The smallest absolute Gasteiger partial charge is 0.254 e. The van der Waals surface area contributed by atoms with Gasteiger partial charge in [0.1, 0.15) is 10.6 Å². The van der Waals surface area contributed by atoms with E-state index < -0.39 is 6.10 Å². The van der Waals surface area contributed by atoms with Gasteiger partial charge in [-0.3, -0.25) is 9.69 Å². The topological polar surface area (TPSA) is 77.7 Å². The molecule has 3 N–H and O–H groups in total. The lowest BCUT2D eigenvalue weighted by Gasteiger charge is -2.20. The van der Waals surface area contributed by atoms with Gasteiger partial charge in [-0.05, 0) is 48.5 Å². The van der Waals surface area contributed by atoms with E-state index in [1.165, 1.54) is 0 Å². The number of amides is 1. The Morgan fingerprint density at radius 3 is 2.57 bits per heavy atom. The first-order chi connectivity index (χ1) is 16.7. The molecule has 35 heavy (non-hydrogen) atoms. The summed E-state index contributed by atoms with van der Waals surface area (Å²) in [6.07, 6.45) is 1.11. The van der Waals surface area contributed by atoms with Gasteiger partial charge in [-0.25, -0.2) is 0 Å². The molecule has 4 rings (SSSR count). The third-order valence-corrected chi connectivity index (χ3v) is 7.60. The number of aromatic nitrogens is 1. The number of rotatable bonds is 8. The minimum absolute atomic E-state index is 0.171. The zero-order valence-electron chi connectivity index (χ0n) is 19.4. The number of halogens is 1. The molecule has 1 unspecified atom stereocenters. The van der Waals surface area contributed by atoms with Gasteiger partial charge >= 0.3 is 0 Å². The molecule has 9 heteroatoms. The Labute approximate surface area is 218 Å². The highest BCUT2D eigenvalue weighted by molar-refractivity contribution is 7.71. The van der Waals surface area contributed by atoms with Crippen molar-refractivity contribution in [1.82, 2.24) is 14.8 Å². The second kappa shape index (κ2) is 10.9. The first-order valence-corrected chi connectivity index (χ1v) is 12.6. The van der Waals surface area contributed by atoms with Gasteiger partial charge in [0.25, 0.3) is 5.91 Å². The number of nitrogens with one attached hydrogen (secondary N) is 1. The van der Waals surface area contributed by atoms with Crippen molar-refractivity contribution in [2.75, 3.05) is 13.6 Å². The van der Waals surface area contributed by atoms with Gasteiger partial charge in [0.05, 0.1) is 16.2 Å². The molecule has 6 nitrogen and oxygen atoms in total. The predicted molar refractivity (Wildman–Crippen MR) is 144 cm³/mol. The van der Waals surface area contributed by atoms with E-state index in [1.807, 2.05) is 41.8 Å². The molecule has 2 aromatic carbocycles. The summed E-state index contributed by atoms with van der Waals surface area (Å²) in [5.74, 6) is -0.0467. The van der Waals surface area contributed by atoms with Gasteiger partial charge in [-0.1, -0.05) is 48.1 Å². The largest absolute Gasteiger partial charge is 0.508 e. The summed E-state index contributed by atoms with van der Waals surface area (Å²) in [4.78, 5) is 17.0. The Hall–Kier alpha value is -2.75. The van der Waals surface area contributed by atoms with Crippen molar-refractivity contribution in [3.8, 4) is 5.75 Å². The summed E-state index contributed by atoms with van der Waals surface area (Å²) in [6, 6.07) is 15.9. The first-order valence-electron chi connectivity index (χ1n) is 11.0. The second-order valence-corrected chi connectivity index (χ2v) is 10.5. The van der Waals surface area contributed by atoms with E-state index in [-0.39, 0.29) is 11.7 Å². The molecule has 182 valence electrons. The number of hydrogen-bond donors (Lipinski definition) is 3. The molecule has 1 atom stereocenters. The number of carbonyl (C=O) groups is 1. The molecule has 0 spiro atoms. The number of aryl methyl sites for hydroxylation is 1. The fraction of sp³-hybridized carbons (Fsp3) is 0.231. The first kappa shape index (κ1) is 25.3. The van der Waals surface area contributed by atoms with Gasteiger partial charge in [-0.2, -0.15) is 0 Å². The van der Waals surface area contributed by atoms with Crippen LogP contribution in [0.5, 0.6) is 5.75 Å². The molecule has 1 amide bonds. The van der Waals surface area contributed by atoms with Crippen molar-refractivity contribution in [2.24, 2.45) is 7.05 Å². The number of aliphatic hydroxyl groups excluding tert-OH is 1. The molecule has 0 aliphatic carbocycles. The van der Waals surface area contributed by atoms with Gasteiger partial charge in [0.2, 0.25) is 0 Å². The van der Waals surface area contributed by atoms with Gasteiger partial charge in [0.15, 0.2) is 0 Å². The molecule has 0 aliphatic rings. The monoisotopic (exact) mass is 527 g/mol. The van der Waals surface area contributed by atoms with Crippen LogP contribution in [-0.4, -0.2) is 39.2 Å². The lowest BCUT2D eigenvalue weighted by atomic mass is 10.1. The van der Waals surface area contributed by atoms with Crippen LogP contribution in [0.15, 0.2) is 60.8 Å². The predicted octanol–water partition coefficient (Wildman–Crippen LogP) is 5.42. The Morgan fingerprint density at radius 2 is 1.89 bits per heavy atom. The van der Waals surface area contributed by atoms with Crippen molar-refractivity contribution in [3.63, 3.8) is 0 Å². The molecule has 0 saturated heterocycles. The average Bonchev–Trinajstić information content (AvgIpc) is 3.25. The summed E-state index contributed by atoms with van der Waals surface area (Å²) in [5.41, 5.74) is 2.17. The van der Waals surface area contributed by atoms with E-state index >= 15 is 0 Å². The lowest BCUT2D eigenvalue weighted by molar-refractivity contribution is 0.0950. The van der Waals surface area contributed by atoms with Crippen LogP contribution in [-0.2, 0) is 20.1 Å². The summed E-state index contributed by atoms with van der Waals surface area (Å²) in [7, 11) is 3.85. The van der Waals surface area contributed by atoms with Crippen LogP contribution in [0.1, 0.15) is 32.5 Å². The van der Waals surface area contributed by atoms with Crippen LogP contribution in [0.25, 0.3) is 10.2 Å². The van der Waals surface area contributed by atoms with Crippen LogP contribution >= 0.6 is 35.2 Å². The molecule has 0 radical (unpaired) electrons. The number of carbonyl (C=O) groups excluding carboxylic acids is 1. The number of phenols is 1. The van der Waals surface area contributed by atoms with Crippen LogP contribution in [0, 0.1) is 4.51 Å². The molecule has 0 saturated carbocycles. The van der Waals surface area contributed by atoms with Crippen LogP contribution < -0.4 is 5.32 Å². The van der Waals surface area contributed by atoms with E-state index in [1.54, 1.807) is 53.9 Å². The maximum absolute atomic E-state index is 12.9. The molecule has 2 aromatic heterocycles. The van der Waals surface area contributed by atoms with Crippen molar-refractivity contribution in [1.29, 1.82) is 0 Å². The van der Waals surface area contributed by atoms with E-state index in [0.29, 0.717) is 34.7 Å². The summed E-state index contributed by atoms with van der Waals surface area (Å²) < 4.78 is 2.46. The number of thiophene rings is 1. The molecule has 0 aliphatic heterocycles. The van der Waals surface area contributed by atoms with Gasteiger partial charge < -0.3 is 20.1 Å². The Morgan fingerprint density at radius 1 is 1.20 bits per heavy atom. The molecular formula is C26H26ClN3O3S2. The van der Waals surface area contributed by atoms with Crippen LogP contribution in [0.4, 0.5) is 0 Å². The summed E-state index contributed by atoms with van der Waals surface area (Å²) in [5, 5.41) is 24.4. The van der Waals surface area contributed by atoms with Crippen molar-refractivity contribution < 1.29 is 15.0 Å². The molecule has 2 heterocycles. The minimum Gasteiger partial charge on any atom is -0.508 e. The number of pyridine rings is 1. The number of nitrogens with zero attached hydrogens (tertiary/aromatic N) is 2. The van der Waals surface area contributed by atoms with Crippen molar-refractivity contribution in [2.45, 2.75) is 19.2 Å². The number of fused-ring (bicyclic) bond motifs is 1. The number of benzene rings is 2. The summed E-state index contributed by atoms with van der Waals surface area (Å²) in [6.45, 7) is 1.45. The van der Waals surface area contributed by atoms with Crippen molar-refractivity contribution in [3.05, 3.63) is 91.9 Å². The number of phenolic OH excluding ortho intramolecular Hbond substituents is 1. The molecule has 0 bridgehead atoms. The normalized spacial score (nSPS) is 12.3. The number of likely N-dealkylation sites (N-methyl/N-ethyl adjacent to an activating group) is 1. The molecule has 0 fully saturated rings. The van der Waals surface area contributed by atoms with Crippen LogP contribution in [0.3, 0.4) is 0 Å². The fourth-order valence-corrected chi connectivity index (χ4v) is 5.53. The van der Waals surface area contributed by atoms with E-state index in [4.69, 9.17) is 23.8 Å².